The highest BCUT2D eigenvalue weighted by Gasteiger charge is 2.12. The molecule has 0 bridgehead atoms. The highest BCUT2D eigenvalue weighted by Crippen LogP contribution is 2.22. The normalized spacial score (nSPS) is 10.7. The summed E-state index contributed by atoms with van der Waals surface area (Å²) in [5, 5.41) is 5.80. The molecule has 3 aromatic carbocycles. The Labute approximate surface area is 186 Å². The Morgan fingerprint density at radius 1 is 0.938 bits per heavy atom. The van der Waals surface area contributed by atoms with Gasteiger partial charge in [-0.15, -0.1) is 0 Å². The summed E-state index contributed by atoms with van der Waals surface area (Å²) in [6.07, 6.45) is 0. The van der Waals surface area contributed by atoms with Gasteiger partial charge in [0.15, 0.2) is 5.58 Å². The molecule has 0 aliphatic heterocycles. The third-order valence-electron chi connectivity index (χ3n) is 4.97. The van der Waals surface area contributed by atoms with Crippen LogP contribution >= 0.6 is 0 Å². The second-order valence-electron chi connectivity index (χ2n) is 7.78. The molecule has 7 nitrogen and oxygen atoms in total. The van der Waals surface area contributed by atoms with E-state index >= 15 is 0 Å². The summed E-state index contributed by atoms with van der Waals surface area (Å²) in [5.41, 5.74) is 4.97. The van der Waals surface area contributed by atoms with Gasteiger partial charge in [-0.05, 0) is 55.0 Å². The van der Waals surface area contributed by atoms with Crippen LogP contribution in [0.1, 0.15) is 31.8 Å². The summed E-state index contributed by atoms with van der Waals surface area (Å²) in [7, 11) is 3.69. The van der Waals surface area contributed by atoms with Crippen LogP contribution in [0, 0.1) is 6.92 Å². The molecule has 0 saturated carbocycles. The van der Waals surface area contributed by atoms with Crippen LogP contribution in [0.5, 0.6) is 0 Å². The summed E-state index contributed by atoms with van der Waals surface area (Å²) in [4.78, 5) is 31.2. The number of carbonyl (C=O) groups is 2. The van der Waals surface area contributed by atoms with Crippen LogP contribution in [-0.4, -0.2) is 30.9 Å². The second-order valence-corrected chi connectivity index (χ2v) is 7.78. The van der Waals surface area contributed by atoms with Gasteiger partial charge in [0.25, 0.3) is 17.8 Å². The number of aromatic nitrogens is 1. The topological polar surface area (TPSA) is 87.5 Å². The van der Waals surface area contributed by atoms with Gasteiger partial charge in [-0.1, -0.05) is 29.8 Å². The predicted molar refractivity (Wildman–Crippen MR) is 125 cm³/mol. The zero-order chi connectivity index (χ0) is 22.7. The number of oxazole rings is 1. The van der Waals surface area contributed by atoms with Crippen molar-refractivity contribution in [2.24, 2.45) is 0 Å². The van der Waals surface area contributed by atoms with E-state index in [1.54, 1.807) is 35.2 Å². The highest BCUT2D eigenvalue weighted by atomic mass is 16.4. The fourth-order valence-electron chi connectivity index (χ4n) is 3.20. The van der Waals surface area contributed by atoms with E-state index in [1.807, 2.05) is 57.4 Å². The largest absolute Gasteiger partial charge is 0.423 e. The van der Waals surface area contributed by atoms with Crippen LogP contribution in [0.4, 0.5) is 11.7 Å². The molecule has 0 spiro atoms. The van der Waals surface area contributed by atoms with Crippen molar-refractivity contribution in [2.45, 2.75) is 13.5 Å². The van der Waals surface area contributed by atoms with Crippen LogP contribution in [0.15, 0.2) is 71.1 Å². The standard InChI is InChI=1S/C25H24N4O3/c1-16-7-9-18(10-8-16)24(31)27-20-6-4-5-17(13-20)15-26-23(30)19-11-12-21-22(14-19)32-25(28-21)29(2)3/h4-14H,15H2,1-3H3,(H,26,30)(H,27,31). The van der Waals surface area contributed by atoms with Gasteiger partial charge < -0.3 is 20.0 Å². The first-order valence-electron chi connectivity index (χ1n) is 10.2. The van der Waals surface area contributed by atoms with Gasteiger partial charge in [0.05, 0.1) is 0 Å². The highest BCUT2D eigenvalue weighted by molar-refractivity contribution is 6.04. The summed E-state index contributed by atoms with van der Waals surface area (Å²) in [5.74, 6) is -0.396. The van der Waals surface area contributed by atoms with Crippen molar-refractivity contribution in [1.82, 2.24) is 10.3 Å². The fraction of sp³-hybridized carbons (Fsp3) is 0.160. The lowest BCUT2D eigenvalue weighted by Crippen LogP contribution is -2.22. The minimum atomic E-state index is -0.219. The van der Waals surface area contributed by atoms with Crippen LogP contribution in [-0.2, 0) is 6.54 Å². The zero-order valence-electron chi connectivity index (χ0n) is 18.2. The molecule has 0 atom stereocenters. The Balaban J connectivity index is 1.40. The molecule has 0 saturated heterocycles. The maximum atomic E-state index is 12.6. The molecule has 32 heavy (non-hydrogen) atoms. The quantitative estimate of drug-likeness (QED) is 0.476. The number of hydrogen-bond acceptors (Lipinski definition) is 5. The number of rotatable bonds is 6. The zero-order valence-corrected chi connectivity index (χ0v) is 18.2. The lowest BCUT2D eigenvalue weighted by Gasteiger charge is -2.09. The van der Waals surface area contributed by atoms with Gasteiger partial charge in [-0.2, -0.15) is 4.98 Å². The first-order valence-corrected chi connectivity index (χ1v) is 10.2. The number of aryl methyl sites for hydroxylation is 1. The van der Waals surface area contributed by atoms with E-state index in [0.717, 1.165) is 11.1 Å². The molecule has 0 unspecified atom stereocenters. The third-order valence-corrected chi connectivity index (χ3v) is 4.97. The SMILES string of the molecule is Cc1ccc(C(=O)Nc2cccc(CNC(=O)c3ccc4nc(N(C)C)oc4c3)c2)cc1. The van der Waals surface area contributed by atoms with E-state index in [9.17, 15) is 9.59 Å². The van der Waals surface area contributed by atoms with E-state index in [-0.39, 0.29) is 11.8 Å². The fourth-order valence-corrected chi connectivity index (χ4v) is 3.20. The van der Waals surface area contributed by atoms with Crippen LogP contribution < -0.4 is 15.5 Å². The van der Waals surface area contributed by atoms with Crippen molar-refractivity contribution in [3.8, 4) is 0 Å². The molecule has 4 aromatic rings. The average Bonchev–Trinajstić information content (AvgIpc) is 3.22. The van der Waals surface area contributed by atoms with Gasteiger partial charge in [0.1, 0.15) is 5.52 Å². The second kappa shape index (κ2) is 8.93. The monoisotopic (exact) mass is 428 g/mol. The van der Waals surface area contributed by atoms with Crippen LogP contribution in [0.25, 0.3) is 11.1 Å². The summed E-state index contributed by atoms with van der Waals surface area (Å²) in [6.45, 7) is 2.30. The Morgan fingerprint density at radius 3 is 2.44 bits per heavy atom. The molecule has 0 aliphatic rings. The molecule has 0 aliphatic carbocycles. The molecule has 1 heterocycles. The maximum Gasteiger partial charge on any atom is 0.297 e. The number of nitrogens with zero attached hydrogens (tertiary/aromatic N) is 2. The molecular weight excluding hydrogens is 404 g/mol. The summed E-state index contributed by atoms with van der Waals surface area (Å²) in [6, 6.07) is 20.4. The Kier molecular flexibility index (Phi) is 5.89. The molecule has 0 fully saturated rings. The molecular formula is C25H24N4O3. The molecule has 7 heteroatoms. The number of nitrogens with one attached hydrogen (secondary N) is 2. The average molecular weight is 428 g/mol. The Bertz CT molecular complexity index is 1280. The van der Waals surface area contributed by atoms with Crippen molar-refractivity contribution in [1.29, 1.82) is 0 Å². The van der Waals surface area contributed by atoms with E-state index in [1.165, 1.54) is 0 Å². The first kappa shape index (κ1) is 21.1. The minimum absolute atomic E-state index is 0.177. The van der Waals surface area contributed by atoms with Crippen molar-refractivity contribution in [3.05, 3.63) is 89.0 Å². The van der Waals surface area contributed by atoms with Gasteiger partial charge >= 0.3 is 0 Å². The van der Waals surface area contributed by atoms with Gasteiger partial charge in [0, 0.05) is 37.5 Å². The van der Waals surface area contributed by atoms with E-state index in [2.05, 4.69) is 15.6 Å². The molecule has 162 valence electrons. The lowest BCUT2D eigenvalue weighted by molar-refractivity contribution is 0.0950. The summed E-state index contributed by atoms with van der Waals surface area (Å²) < 4.78 is 5.67. The lowest BCUT2D eigenvalue weighted by atomic mass is 10.1. The smallest absolute Gasteiger partial charge is 0.297 e. The Morgan fingerprint density at radius 2 is 1.69 bits per heavy atom. The van der Waals surface area contributed by atoms with E-state index in [0.29, 0.717) is 40.5 Å². The van der Waals surface area contributed by atoms with E-state index < -0.39 is 0 Å². The van der Waals surface area contributed by atoms with Crippen molar-refractivity contribution < 1.29 is 14.0 Å². The van der Waals surface area contributed by atoms with Gasteiger partial charge in [-0.25, -0.2) is 0 Å². The Hall–Kier alpha value is -4.13. The molecule has 0 radical (unpaired) electrons. The van der Waals surface area contributed by atoms with Crippen molar-refractivity contribution in [3.63, 3.8) is 0 Å². The number of hydrogen-bond donors (Lipinski definition) is 2. The van der Waals surface area contributed by atoms with Gasteiger partial charge in [-0.3, -0.25) is 9.59 Å². The van der Waals surface area contributed by atoms with Crippen molar-refractivity contribution in [2.75, 3.05) is 24.3 Å². The third kappa shape index (κ3) is 4.78. The summed E-state index contributed by atoms with van der Waals surface area (Å²) >= 11 is 0. The number of benzene rings is 3. The number of anilines is 2. The van der Waals surface area contributed by atoms with Gasteiger partial charge in [0.2, 0.25) is 0 Å². The first-order chi connectivity index (χ1) is 15.4. The van der Waals surface area contributed by atoms with E-state index in [4.69, 9.17) is 4.42 Å². The number of fused-ring (bicyclic) bond motifs is 1. The molecule has 1 aromatic heterocycles. The molecule has 2 amide bonds. The molecule has 2 N–H and O–H groups in total. The minimum Gasteiger partial charge on any atom is -0.423 e. The number of carbonyl (C=O) groups excluding carboxylic acids is 2. The molecule has 4 rings (SSSR count). The number of amides is 2. The van der Waals surface area contributed by atoms with Crippen LogP contribution in [0.2, 0.25) is 0 Å². The van der Waals surface area contributed by atoms with Crippen molar-refractivity contribution >= 4 is 34.6 Å². The predicted octanol–water partition coefficient (Wildman–Crippen LogP) is 4.38. The van der Waals surface area contributed by atoms with Crippen LogP contribution in [0.3, 0.4) is 0 Å². The maximum absolute atomic E-state index is 12.6.